The summed E-state index contributed by atoms with van der Waals surface area (Å²) in [6.45, 7) is 1.98. The molecule has 0 saturated carbocycles. The van der Waals surface area contributed by atoms with Gasteiger partial charge >= 0.3 is 12.1 Å². The zero-order valence-electron chi connectivity index (χ0n) is 13.0. The molecule has 1 aliphatic rings. The Hall–Kier alpha value is -1.90. The van der Waals surface area contributed by atoms with Crippen LogP contribution in [0.4, 0.5) is 22.0 Å². The van der Waals surface area contributed by atoms with Gasteiger partial charge in [-0.3, -0.25) is 4.79 Å². The summed E-state index contributed by atoms with van der Waals surface area (Å²) >= 11 is 0. The van der Waals surface area contributed by atoms with Crippen LogP contribution in [0.1, 0.15) is 25.3 Å². The number of methoxy groups -OCH3 is 1. The van der Waals surface area contributed by atoms with E-state index in [1.165, 1.54) is 6.92 Å². The van der Waals surface area contributed by atoms with Crippen molar-refractivity contribution in [2.45, 2.75) is 37.6 Å². The Morgan fingerprint density at radius 1 is 1.29 bits per heavy atom. The molecule has 0 aliphatic carbocycles. The van der Waals surface area contributed by atoms with Crippen molar-refractivity contribution in [1.29, 1.82) is 0 Å². The average Bonchev–Trinajstić information content (AvgIpc) is 2.74. The summed E-state index contributed by atoms with van der Waals surface area (Å²) in [5.74, 6) is -6.18. The van der Waals surface area contributed by atoms with E-state index in [0.29, 0.717) is 13.0 Å². The van der Waals surface area contributed by atoms with Gasteiger partial charge in [0.05, 0.1) is 7.11 Å². The minimum atomic E-state index is -4.91. The number of carbonyl (C=O) groups excluding carboxylic acids is 1. The van der Waals surface area contributed by atoms with Crippen molar-refractivity contribution in [3.05, 3.63) is 29.3 Å². The third-order valence-electron chi connectivity index (χ3n) is 3.94. The Balaban J connectivity index is 2.61. The molecule has 1 heterocycles. The topological polar surface area (TPSA) is 44.8 Å². The van der Waals surface area contributed by atoms with E-state index in [9.17, 15) is 26.7 Å². The van der Waals surface area contributed by atoms with Gasteiger partial charge in [0, 0.05) is 12.2 Å². The van der Waals surface area contributed by atoms with Gasteiger partial charge in [-0.05, 0) is 19.9 Å². The minimum absolute atomic E-state index is 0.143. The van der Waals surface area contributed by atoms with Gasteiger partial charge in [0.15, 0.2) is 11.6 Å². The van der Waals surface area contributed by atoms with Crippen LogP contribution in [0.25, 0.3) is 0 Å². The number of carbonyl (C=O) groups is 1. The van der Waals surface area contributed by atoms with Crippen LogP contribution in [0.15, 0.2) is 12.1 Å². The Labute approximate surface area is 134 Å². The van der Waals surface area contributed by atoms with E-state index < -0.39 is 47.2 Å². The van der Waals surface area contributed by atoms with Gasteiger partial charge in [0.25, 0.3) is 0 Å². The molecule has 1 aromatic rings. The average molecular weight is 354 g/mol. The molecule has 0 bridgehead atoms. The molecule has 2 rings (SSSR count). The highest BCUT2D eigenvalue weighted by Crippen LogP contribution is 2.50. The van der Waals surface area contributed by atoms with E-state index in [-0.39, 0.29) is 12.2 Å². The van der Waals surface area contributed by atoms with E-state index in [1.807, 2.05) is 0 Å². The zero-order valence-corrected chi connectivity index (χ0v) is 13.0. The Morgan fingerprint density at radius 2 is 1.92 bits per heavy atom. The second-order valence-corrected chi connectivity index (χ2v) is 5.36. The van der Waals surface area contributed by atoms with Crippen LogP contribution in [0, 0.1) is 11.6 Å². The molecule has 1 aromatic carbocycles. The maximum absolute atomic E-state index is 13.9. The lowest BCUT2D eigenvalue weighted by atomic mass is 9.85. The third-order valence-corrected chi connectivity index (χ3v) is 3.94. The van der Waals surface area contributed by atoms with E-state index in [0.717, 1.165) is 13.2 Å². The summed E-state index contributed by atoms with van der Waals surface area (Å²) in [4.78, 5) is 12.1. The standard InChI is InChI=1S/C15H15F5O4/c1-4-23-12-9(13(21)24-14(12,2)15(18,19)20)7-5-6-8(16)10(17)11(7)22-3/h5-6,9,12H,4H2,1-3H3/t9-,12+,14-/m1/s1. The lowest BCUT2D eigenvalue weighted by molar-refractivity contribution is -0.276. The number of esters is 1. The number of benzene rings is 1. The highest BCUT2D eigenvalue weighted by Gasteiger charge is 2.68. The second-order valence-electron chi connectivity index (χ2n) is 5.36. The first kappa shape index (κ1) is 18.4. The molecule has 0 spiro atoms. The number of hydrogen-bond donors (Lipinski definition) is 0. The highest BCUT2D eigenvalue weighted by molar-refractivity contribution is 5.83. The molecule has 0 aromatic heterocycles. The van der Waals surface area contributed by atoms with Gasteiger partial charge in [-0.15, -0.1) is 0 Å². The fourth-order valence-electron chi connectivity index (χ4n) is 2.72. The van der Waals surface area contributed by atoms with Crippen molar-refractivity contribution in [3.63, 3.8) is 0 Å². The molecule has 0 amide bonds. The lowest BCUT2D eigenvalue weighted by Crippen LogP contribution is -2.52. The molecule has 0 unspecified atom stereocenters. The van der Waals surface area contributed by atoms with Gasteiger partial charge in [-0.1, -0.05) is 6.07 Å². The lowest BCUT2D eigenvalue weighted by Gasteiger charge is -2.32. The van der Waals surface area contributed by atoms with Crippen molar-refractivity contribution in [2.75, 3.05) is 13.7 Å². The molecule has 0 N–H and O–H groups in total. The van der Waals surface area contributed by atoms with Gasteiger partial charge in [0.2, 0.25) is 11.4 Å². The molecular weight excluding hydrogens is 339 g/mol. The molecule has 1 saturated heterocycles. The summed E-state index contributed by atoms with van der Waals surface area (Å²) in [7, 11) is 1.01. The Bertz CT molecular complexity index is 645. The Morgan fingerprint density at radius 3 is 2.42 bits per heavy atom. The molecule has 0 radical (unpaired) electrons. The molecule has 4 nitrogen and oxygen atoms in total. The van der Waals surface area contributed by atoms with E-state index in [2.05, 4.69) is 4.74 Å². The predicted octanol–water partition coefficient (Wildman–Crippen LogP) is 3.34. The van der Waals surface area contributed by atoms with E-state index in [1.54, 1.807) is 0 Å². The quantitative estimate of drug-likeness (QED) is 0.615. The highest BCUT2D eigenvalue weighted by atomic mass is 19.4. The van der Waals surface area contributed by atoms with Crippen LogP contribution in [-0.4, -0.2) is 37.6 Å². The summed E-state index contributed by atoms with van der Waals surface area (Å²) < 4.78 is 81.8. The van der Waals surface area contributed by atoms with Crippen LogP contribution in [0.2, 0.25) is 0 Å². The predicted molar refractivity (Wildman–Crippen MR) is 71.6 cm³/mol. The Kier molecular flexibility index (Phi) is 4.76. The van der Waals surface area contributed by atoms with Gasteiger partial charge in [-0.2, -0.15) is 17.6 Å². The molecule has 1 aliphatic heterocycles. The van der Waals surface area contributed by atoms with Crippen molar-refractivity contribution in [3.8, 4) is 5.75 Å². The molecule has 24 heavy (non-hydrogen) atoms. The number of rotatable bonds is 4. The summed E-state index contributed by atoms with van der Waals surface area (Å²) in [6, 6.07) is 1.68. The van der Waals surface area contributed by atoms with Gasteiger partial charge in [-0.25, -0.2) is 4.39 Å². The fourth-order valence-corrected chi connectivity index (χ4v) is 2.72. The van der Waals surface area contributed by atoms with Crippen LogP contribution in [-0.2, 0) is 14.3 Å². The second kappa shape index (κ2) is 6.19. The van der Waals surface area contributed by atoms with Crippen molar-refractivity contribution in [2.24, 2.45) is 0 Å². The number of ether oxygens (including phenoxy) is 3. The van der Waals surface area contributed by atoms with Gasteiger partial charge < -0.3 is 14.2 Å². The summed E-state index contributed by atoms with van der Waals surface area (Å²) in [6.07, 6.45) is -6.68. The van der Waals surface area contributed by atoms with E-state index in [4.69, 9.17) is 9.47 Å². The number of alkyl halides is 3. The number of cyclic esters (lactones) is 1. The smallest absolute Gasteiger partial charge is 0.430 e. The first-order valence-electron chi connectivity index (χ1n) is 7.01. The molecule has 9 heteroatoms. The van der Waals surface area contributed by atoms with Crippen LogP contribution >= 0.6 is 0 Å². The van der Waals surface area contributed by atoms with Gasteiger partial charge in [0.1, 0.15) is 12.0 Å². The fraction of sp³-hybridized carbons (Fsp3) is 0.533. The van der Waals surface area contributed by atoms with Crippen LogP contribution < -0.4 is 4.74 Å². The van der Waals surface area contributed by atoms with Crippen LogP contribution in [0.5, 0.6) is 5.75 Å². The SMILES string of the molecule is CCO[C@H]1[C@@H](c2ccc(F)c(F)c2OC)C(=O)O[C@@]1(C)C(F)(F)F. The molecular formula is C15H15F5O4. The first-order chi connectivity index (χ1) is 11.1. The molecule has 3 atom stereocenters. The molecule has 1 fully saturated rings. The first-order valence-corrected chi connectivity index (χ1v) is 7.01. The normalized spacial score (nSPS) is 27.2. The van der Waals surface area contributed by atoms with Crippen molar-refractivity contribution in [1.82, 2.24) is 0 Å². The van der Waals surface area contributed by atoms with Crippen LogP contribution in [0.3, 0.4) is 0 Å². The largest absolute Gasteiger partial charge is 0.493 e. The van der Waals surface area contributed by atoms with Crippen molar-refractivity contribution < 1.29 is 41.0 Å². The minimum Gasteiger partial charge on any atom is -0.493 e. The number of hydrogen-bond acceptors (Lipinski definition) is 4. The van der Waals surface area contributed by atoms with Crippen molar-refractivity contribution >= 4 is 5.97 Å². The molecule has 134 valence electrons. The summed E-state index contributed by atoms with van der Waals surface area (Å²) in [5, 5.41) is 0. The van der Waals surface area contributed by atoms with E-state index >= 15 is 0 Å². The monoisotopic (exact) mass is 354 g/mol. The maximum Gasteiger partial charge on any atom is 0.430 e. The number of halogens is 5. The third kappa shape index (κ3) is 2.70. The maximum atomic E-state index is 13.9. The summed E-state index contributed by atoms with van der Waals surface area (Å²) in [5.41, 5.74) is -3.19. The zero-order chi connectivity index (χ0) is 18.3.